The Kier molecular flexibility index (Phi) is 6.27. The molecule has 0 bridgehead atoms. The van der Waals surface area contributed by atoms with Gasteiger partial charge in [0.2, 0.25) is 5.91 Å². The number of hydrogen-bond acceptors (Lipinski definition) is 6. The molecule has 0 aliphatic carbocycles. The van der Waals surface area contributed by atoms with Gasteiger partial charge in [0.15, 0.2) is 5.16 Å². The van der Waals surface area contributed by atoms with Gasteiger partial charge in [0.05, 0.1) is 6.54 Å². The maximum absolute atomic E-state index is 11.3. The molecule has 18 heavy (non-hydrogen) atoms. The summed E-state index contributed by atoms with van der Waals surface area (Å²) < 4.78 is 0. The van der Waals surface area contributed by atoms with Gasteiger partial charge in [-0.2, -0.15) is 0 Å². The zero-order valence-electron chi connectivity index (χ0n) is 10.9. The first-order chi connectivity index (χ1) is 8.69. The summed E-state index contributed by atoms with van der Waals surface area (Å²) in [7, 11) is 0. The van der Waals surface area contributed by atoms with Crippen LogP contribution in [0.4, 0.5) is 11.6 Å². The van der Waals surface area contributed by atoms with E-state index in [1.165, 1.54) is 11.8 Å². The number of anilines is 2. The van der Waals surface area contributed by atoms with Crippen LogP contribution in [0.2, 0.25) is 0 Å². The number of hydrogen-bond donors (Lipinski definition) is 3. The van der Waals surface area contributed by atoms with Crippen molar-refractivity contribution in [3.8, 4) is 0 Å². The second-order valence-electron chi connectivity index (χ2n) is 3.46. The highest BCUT2D eigenvalue weighted by atomic mass is 32.2. The summed E-state index contributed by atoms with van der Waals surface area (Å²) in [6.07, 6.45) is 1.92. The predicted molar refractivity (Wildman–Crippen MR) is 75.2 cm³/mol. The summed E-state index contributed by atoms with van der Waals surface area (Å²) in [6.45, 7) is 5.52. The lowest BCUT2D eigenvalue weighted by Crippen LogP contribution is -2.29. The monoisotopic (exact) mass is 269 g/mol. The molecule has 0 fully saturated rings. The van der Waals surface area contributed by atoms with Gasteiger partial charge >= 0.3 is 0 Å². The number of rotatable bonds is 7. The molecule has 1 rings (SSSR count). The molecular formula is C11H19N5OS. The van der Waals surface area contributed by atoms with Crippen LogP contribution < -0.4 is 16.0 Å². The van der Waals surface area contributed by atoms with E-state index >= 15 is 0 Å². The number of carbonyl (C=O) groups is 1. The Labute approximate surface area is 111 Å². The Hall–Kier alpha value is -1.50. The van der Waals surface area contributed by atoms with Crippen LogP contribution in [0, 0.1) is 0 Å². The van der Waals surface area contributed by atoms with Crippen LogP contribution in [-0.4, -0.2) is 41.8 Å². The van der Waals surface area contributed by atoms with Gasteiger partial charge < -0.3 is 16.0 Å². The van der Waals surface area contributed by atoms with Gasteiger partial charge in [0.25, 0.3) is 0 Å². The molecular weight excluding hydrogens is 250 g/mol. The zero-order chi connectivity index (χ0) is 13.4. The second kappa shape index (κ2) is 7.75. The van der Waals surface area contributed by atoms with Crippen molar-refractivity contribution < 1.29 is 4.79 Å². The van der Waals surface area contributed by atoms with E-state index in [-0.39, 0.29) is 12.5 Å². The smallest absolute Gasteiger partial charge is 0.239 e. The lowest BCUT2D eigenvalue weighted by atomic mass is 10.4. The van der Waals surface area contributed by atoms with Crippen LogP contribution in [0.1, 0.15) is 13.8 Å². The highest BCUT2D eigenvalue weighted by Crippen LogP contribution is 2.16. The minimum atomic E-state index is -0.0492. The van der Waals surface area contributed by atoms with Crippen molar-refractivity contribution in [3.63, 3.8) is 0 Å². The lowest BCUT2D eigenvalue weighted by Gasteiger charge is -2.09. The fourth-order valence-corrected chi connectivity index (χ4v) is 1.69. The molecule has 0 saturated heterocycles. The van der Waals surface area contributed by atoms with Crippen molar-refractivity contribution in [1.29, 1.82) is 0 Å². The summed E-state index contributed by atoms with van der Waals surface area (Å²) in [5, 5.41) is 9.51. The highest BCUT2D eigenvalue weighted by molar-refractivity contribution is 7.98. The minimum absolute atomic E-state index is 0.0492. The van der Waals surface area contributed by atoms with Gasteiger partial charge in [-0.15, -0.1) is 0 Å². The van der Waals surface area contributed by atoms with E-state index < -0.39 is 0 Å². The number of aromatic nitrogens is 2. The topological polar surface area (TPSA) is 78.9 Å². The molecule has 0 atom stereocenters. The molecule has 0 aromatic carbocycles. The molecule has 6 nitrogen and oxygen atoms in total. The molecule has 1 aromatic rings. The Bertz CT molecular complexity index is 399. The van der Waals surface area contributed by atoms with Crippen LogP contribution in [0.3, 0.4) is 0 Å². The van der Waals surface area contributed by atoms with Crippen molar-refractivity contribution in [2.45, 2.75) is 19.0 Å². The van der Waals surface area contributed by atoms with Crippen molar-refractivity contribution in [3.05, 3.63) is 6.07 Å². The van der Waals surface area contributed by atoms with Crippen LogP contribution in [-0.2, 0) is 4.79 Å². The maximum Gasteiger partial charge on any atom is 0.239 e. The molecule has 0 aliphatic heterocycles. The zero-order valence-corrected chi connectivity index (χ0v) is 11.7. The molecule has 0 saturated carbocycles. The number of thioether (sulfide) groups is 1. The van der Waals surface area contributed by atoms with Crippen molar-refractivity contribution >= 4 is 29.3 Å². The Morgan fingerprint density at radius 1 is 1.22 bits per heavy atom. The molecule has 100 valence electrons. The fraction of sp³-hybridized carbons (Fsp3) is 0.545. The van der Waals surface area contributed by atoms with E-state index in [0.29, 0.717) is 17.5 Å². The van der Waals surface area contributed by atoms with Gasteiger partial charge in [-0.1, -0.05) is 11.8 Å². The third-order valence-corrected chi connectivity index (χ3v) is 2.60. The molecule has 1 aromatic heterocycles. The number of carbonyl (C=O) groups excluding carboxylic acids is 1. The molecule has 0 unspecified atom stereocenters. The average Bonchev–Trinajstić information content (AvgIpc) is 2.37. The van der Waals surface area contributed by atoms with Gasteiger partial charge in [-0.05, 0) is 20.1 Å². The SMILES string of the molecule is CCNC(=O)CNc1cc(NCC)nc(SC)n1. The average molecular weight is 269 g/mol. The van der Waals surface area contributed by atoms with Crippen molar-refractivity contribution in [2.75, 3.05) is 36.5 Å². The number of nitrogens with zero attached hydrogens (tertiary/aromatic N) is 2. The highest BCUT2D eigenvalue weighted by Gasteiger charge is 2.05. The first kappa shape index (κ1) is 14.6. The molecule has 0 aliphatic rings. The van der Waals surface area contributed by atoms with Gasteiger partial charge in [-0.3, -0.25) is 4.79 Å². The maximum atomic E-state index is 11.3. The predicted octanol–water partition coefficient (Wildman–Crippen LogP) is 1.18. The van der Waals surface area contributed by atoms with E-state index in [9.17, 15) is 4.79 Å². The van der Waals surface area contributed by atoms with E-state index in [1.54, 1.807) is 6.07 Å². The van der Waals surface area contributed by atoms with E-state index in [1.807, 2.05) is 20.1 Å². The van der Waals surface area contributed by atoms with Gasteiger partial charge in [0, 0.05) is 19.2 Å². The summed E-state index contributed by atoms with van der Waals surface area (Å²) in [6, 6.07) is 1.79. The Morgan fingerprint density at radius 2 is 1.89 bits per heavy atom. The quantitative estimate of drug-likeness (QED) is 0.509. The van der Waals surface area contributed by atoms with Crippen LogP contribution in [0.25, 0.3) is 0 Å². The van der Waals surface area contributed by atoms with Crippen LogP contribution >= 0.6 is 11.8 Å². The summed E-state index contributed by atoms with van der Waals surface area (Å²) in [4.78, 5) is 19.9. The molecule has 1 amide bonds. The molecule has 0 radical (unpaired) electrons. The summed E-state index contributed by atoms with van der Waals surface area (Å²) in [5.41, 5.74) is 0. The molecule has 7 heteroatoms. The third kappa shape index (κ3) is 4.79. The van der Waals surface area contributed by atoms with Crippen molar-refractivity contribution in [1.82, 2.24) is 15.3 Å². The standard InChI is InChI=1S/C11H19N5OS/c1-4-12-8-6-9(16-11(15-8)18-3)14-7-10(17)13-5-2/h6H,4-5,7H2,1-3H3,(H,13,17)(H2,12,14,15,16). The summed E-state index contributed by atoms with van der Waals surface area (Å²) >= 11 is 1.46. The third-order valence-electron chi connectivity index (χ3n) is 2.05. The lowest BCUT2D eigenvalue weighted by molar-refractivity contribution is -0.119. The van der Waals surface area contributed by atoms with E-state index in [4.69, 9.17) is 0 Å². The van der Waals surface area contributed by atoms with Gasteiger partial charge in [-0.25, -0.2) is 9.97 Å². The van der Waals surface area contributed by atoms with Crippen LogP contribution in [0.15, 0.2) is 11.2 Å². The second-order valence-corrected chi connectivity index (χ2v) is 4.24. The number of amides is 1. The fourth-order valence-electron chi connectivity index (χ4n) is 1.31. The Balaban J connectivity index is 2.68. The minimum Gasteiger partial charge on any atom is -0.370 e. The Morgan fingerprint density at radius 3 is 2.44 bits per heavy atom. The number of nitrogens with one attached hydrogen (secondary N) is 3. The first-order valence-corrected chi connectivity index (χ1v) is 7.09. The number of likely N-dealkylation sites (N-methyl/N-ethyl adjacent to an activating group) is 1. The van der Waals surface area contributed by atoms with E-state index in [0.717, 1.165) is 12.4 Å². The van der Waals surface area contributed by atoms with Gasteiger partial charge in [0.1, 0.15) is 11.6 Å². The molecule has 1 heterocycles. The molecule has 3 N–H and O–H groups in total. The van der Waals surface area contributed by atoms with Crippen LogP contribution in [0.5, 0.6) is 0 Å². The molecule has 0 spiro atoms. The first-order valence-electron chi connectivity index (χ1n) is 5.87. The van der Waals surface area contributed by atoms with Crippen molar-refractivity contribution in [2.24, 2.45) is 0 Å². The van der Waals surface area contributed by atoms with E-state index in [2.05, 4.69) is 25.9 Å². The normalized spacial score (nSPS) is 9.94. The summed E-state index contributed by atoms with van der Waals surface area (Å²) in [5.74, 6) is 1.36. The largest absolute Gasteiger partial charge is 0.370 e.